The third kappa shape index (κ3) is 1.68. The Morgan fingerprint density at radius 2 is 2.17 bits per heavy atom. The van der Waals surface area contributed by atoms with Crippen LogP contribution in [-0.2, 0) is 6.42 Å². The molecule has 1 aromatic heterocycles. The number of hydrogen-bond acceptors (Lipinski definition) is 3. The molecule has 3 nitrogen and oxygen atoms in total. The van der Waals surface area contributed by atoms with E-state index in [1.807, 2.05) is 31.2 Å². The minimum atomic E-state index is -0.0631. The van der Waals surface area contributed by atoms with E-state index in [0.29, 0.717) is 17.9 Å². The average Bonchev–Trinajstić information content (AvgIpc) is 2.86. The lowest BCUT2D eigenvalue weighted by atomic mass is 10.0. The number of aromatic nitrogens is 1. The Labute approximate surface area is 105 Å². The van der Waals surface area contributed by atoms with E-state index in [4.69, 9.17) is 4.74 Å². The number of hydrogen-bond donors (Lipinski definition) is 0. The second kappa shape index (κ2) is 4.26. The van der Waals surface area contributed by atoms with Crippen LogP contribution in [0.1, 0.15) is 27.2 Å². The van der Waals surface area contributed by atoms with Gasteiger partial charge in [-0.1, -0.05) is 18.2 Å². The molecule has 0 amide bonds. The molecule has 0 spiro atoms. The van der Waals surface area contributed by atoms with Gasteiger partial charge in [0.05, 0.1) is 12.2 Å². The highest BCUT2D eigenvalue weighted by Crippen LogP contribution is 2.31. The molecule has 0 unspecified atom stereocenters. The topological polar surface area (TPSA) is 39.2 Å². The second-order valence-electron chi connectivity index (χ2n) is 4.39. The number of fused-ring (bicyclic) bond motifs is 1. The van der Waals surface area contributed by atoms with Gasteiger partial charge in [0.15, 0.2) is 0 Å². The number of para-hydroxylation sites is 1. The van der Waals surface area contributed by atoms with Crippen molar-refractivity contribution in [2.45, 2.75) is 13.3 Å². The van der Waals surface area contributed by atoms with Crippen molar-refractivity contribution in [1.82, 2.24) is 4.98 Å². The molecule has 0 atom stereocenters. The van der Waals surface area contributed by atoms with Crippen LogP contribution < -0.4 is 4.74 Å². The van der Waals surface area contributed by atoms with E-state index >= 15 is 0 Å². The molecule has 1 aromatic carbocycles. The van der Waals surface area contributed by atoms with Gasteiger partial charge in [-0.15, -0.1) is 0 Å². The summed E-state index contributed by atoms with van der Waals surface area (Å²) in [4.78, 5) is 16.7. The van der Waals surface area contributed by atoms with Crippen molar-refractivity contribution >= 4 is 5.78 Å². The van der Waals surface area contributed by atoms with Crippen molar-refractivity contribution in [3.05, 3.63) is 58.9 Å². The summed E-state index contributed by atoms with van der Waals surface area (Å²) in [5, 5.41) is 0. The maximum atomic E-state index is 12.5. The van der Waals surface area contributed by atoms with Crippen LogP contribution in [0.2, 0.25) is 0 Å². The summed E-state index contributed by atoms with van der Waals surface area (Å²) < 4.78 is 5.56. The molecule has 0 bridgehead atoms. The van der Waals surface area contributed by atoms with E-state index in [0.717, 1.165) is 23.3 Å². The van der Waals surface area contributed by atoms with Crippen molar-refractivity contribution in [1.29, 1.82) is 0 Å². The molecular weight excluding hydrogens is 226 g/mol. The first-order chi connectivity index (χ1) is 8.77. The highest BCUT2D eigenvalue weighted by Gasteiger charge is 2.22. The molecule has 2 heterocycles. The molecular formula is C15H13NO2. The first-order valence-corrected chi connectivity index (χ1v) is 5.98. The quantitative estimate of drug-likeness (QED) is 0.756. The first kappa shape index (κ1) is 11.0. The molecule has 0 fully saturated rings. The van der Waals surface area contributed by atoms with E-state index in [9.17, 15) is 4.79 Å². The zero-order chi connectivity index (χ0) is 12.5. The van der Waals surface area contributed by atoms with Gasteiger partial charge >= 0.3 is 0 Å². The van der Waals surface area contributed by atoms with Crippen LogP contribution >= 0.6 is 0 Å². The van der Waals surface area contributed by atoms with Crippen LogP contribution in [-0.4, -0.2) is 17.4 Å². The summed E-state index contributed by atoms with van der Waals surface area (Å²) in [6, 6.07) is 9.44. The number of pyridine rings is 1. The monoisotopic (exact) mass is 239 g/mol. The van der Waals surface area contributed by atoms with E-state index in [2.05, 4.69) is 4.98 Å². The molecule has 3 heteroatoms. The fraction of sp³-hybridized carbons (Fsp3) is 0.200. The standard InChI is InChI=1S/C15H13NO2/c1-10-4-3-8-16-13(10)14(17)12-6-2-5-11-7-9-18-15(11)12/h2-6,8H,7,9H2,1H3. The number of nitrogens with zero attached hydrogens (tertiary/aromatic N) is 1. The Bertz CT molecular complexity index is 620. The van der Waals surface area contributed by atoms with Crippen molar-refractivity contribution in [2.75, 3.05) is 6.61 Å². The average molecular weight is 239 g/mol. The lowest BCUT2D eigenvalue weighted by Crippen LogP contribution is -2.07. The van der Waals surface area contributed by atoms with Crippen LogP contribution in [0.3, 0.4) is 0 Å². The molecule has 0 radical (unpaired) electrons. The predicted molar refractivity (Wildman–Crippen MR) is 68.0 cm³/mol. The second-order valence-corrected chi connectivity index (χ2v) is 4.39. The minimum Gasteiger partial charge on any atom is -0.492 e. The summed E-state index contributed by atoms with van der Waals surface area (Å²) in [6.45, 7) is 2.55. The van der Waals surface area contributed by atoms with Gasteiger partial charge in [0.25, 0.3) is 0 Å². The number of rotatable bonds is 2. The third-order valence-corrected chi connectivity index (χ3v) is 3.18. The zero-order valence-corrected chi connectivity index (χ0v) is 10.1. The maximum absolute atomic E-state index is 12.5. The van der Waals surface area contributed by atoms with Gasteiger partial charge in [0, 0.05) is 12.6 Å². The number of benzene rings is 1. The van der Waals surface area contributed by atoms with Gasteiger partial charge in [-0.2, -0.15) is 0 Å². The predicted octanol–water partition coefficient (Wildman–Crippen LogP) is 2.56. The number of carbonyl (C=O) groups excluding carboxylic acids is 1. The van der Waals surface area contributed by atoms with Crippen LogP contribution in [0, 0.1) is 6.92 Å². The van der Waals surface area contributed by atoms with Crippen molar-refractivity contribution in [3.63, 3.8) is 0 Å². The summed E-state index contributed by atoms with van der Waals surface area (Å²) in [5.41, 5.74) is 3.11. The van der Waals surface area contributed by atoms with E-state index < -0.39 is 0 Å². The Morgan fingerprint density at radius 1 is 1.28 bits per heavy atom. The van der Waals surface area contributed by atoms with Gasteiger partial charge in [-0.25, -0.2) is 0 Å². The number of ketones is 1. The molecule has 2 aromatic rings. The molecule has 0 N–H and O–H groups in total. The Kier molecular flexibility index (Phi) is 2.59. The Hall–Kier alpha value is -2.16. The van der Waals surface area contributed by atoms with E-state index in [1.54, 1.807) is 12.3 Å². The molecule has 0 aliphatic carbocycles. The SMILES string of the molecule is Cc1cccnc1C(=O)c1cccc2c1OCC2. The van der Waals surface area contributed by atoms with Gasteiger partial charge in [-0.3, -0.25) is 9.78 Å². The molecule has 18 heavy (non-hydrogen) atoms. The third-order valence-electron chi connectivity index (χ3n) is 3.18. The number of ether oxygens (including phenoxy) is 1. The number of aryl methyl sites for hydroxylation is 1. The number of carbonyl (C=O) groups is 1. The summed E-state index contributed by atoms with van der Waals surface area (Å²) in [6.07, 6.45) is 2.52. The van der Waals surface area contributed by atoms with Crippen LogP contribution in [0.4, 0.5) is 0 Å². The van der Waals surface area contributed by atoms with Crippen molar-refractivity contribution < 1.29 is 9.53 Å². The van der Waals surface area contributed by atoms with Gasteiger partial charge < -0.3 is 4.74 Å². The molecule has 0 saturated heterocycles. The van der Waals surface area contributed by atoms with Gasteiger partial charge in [0.1, 0.15) is 11.4 Å². The zero-order valence-electron chi connectivity index (χ0n) is 10.1. The molecule has 0 saturated carbocycles. The summed E-state index contributed by atoms with van der Waals surface area (Å²) in [7, 11) is 0. The van der Waals surface area contributed by atoms with Crippen LogP contribution in [0.5, 0.6) is 5.75 Å². The maximum Gasteiger partial charge on any atom is 0.215 e. The highest BCUT2D eigenvalue weighted by molar-refractivity contribution is 6.10. The van der Waals surface area contributed by atoms with Crippen LogP contribution in [0.15, 0.2) is 36.5 Å². The lowest BCUT2D eigenvalue weighted by Gasteiger charge is -2.08. The Balaban J connectivity index is 2.09. The largest absolute Gasteiger partial charge is 0.492 e. The molecule has 1 aliphatic heterocycles. The van der Waals surface area contributed by atoms with Gasteiger partial charge in [0.2, 0.25) is 5.78 Å². The lowest BCUT2D eigenvalue weighted by molar-refractivity contribution is 0.103. The molecule has 90 valence electrons. The molecule has 3 rings (SSSR count). The molecule has 1 aliphatic rings. The summed E-state index contributed by atoms with van der Waals surface area (Å²) >= 11 is 0. The van der Waals surface area contributed by atoms with Gasteiger partial charge in [-0.05, 0) is 30.2 Å². The smallest absolute Gasteiger partial charge is 0.215 e. The minimum absolute atomic E-state index is 0.0631. The fourth-order valence-corrected chi connectivity index (χ4v) is 2.24. The fourth-order valence-electron chi connectivity index (χ4n) is 2.24. The van der Waals surface area contributed by atoms with Crippen LogP contribution in [0.25, 0.3) is 0 Å². The van der Waals surface area contributed by atoms with Crippen molar-refractivity contribution in [2.24, 2.45) is 0 Å². The van der Waals surface area contributed by atoms with E-state index in [-0.39, 0.29) is 5.78 Å². The van der Waals surface area contributed by atoms with E-state index in [1.165, 1.54) is 0 Å². The highest BCUT2D eigenvalue weighted by atomic mass is 16.5. The first-order valence-electron chi connectivity index (χ1n) is 5.98. The summed E-state index contributed by atoms with van der Waals surface area (Å²) in [5.74, 6) is 0.666. The van der Waals surface area contributed by atoms with Crippen molar-refractivity contribution in [3.8, 4) is 5.75 Å². The Morgan fingerprint density at radius 3 is 3.00 bits per heavy atom. The normalized spacial score (nSPS) is 12.9.